The van der Waals surface area contributed by atoms with Crippen LogP contribution in [0.1, 0.15) is 16.7 Å². The monoisotopic (exact) mass is 290 g/mol. The fraction of sp³-hybridized carbons (Fsp3) is 0.235. The van der Waals surface area contributed by atoms with Gasteiger partial charge in [-0.25, -0.2) is 4.98 Å². The van der Waals surface area contributed by atoms with Crippen LogP contribution in [-0.2, 0) is 0 Å². The topological polar surface area (TPSA) is 72.9 Å². The van der Waals surface area contributed by atoms with E-state index in [2.05, 4.69) is 17.1 Å². The highest BCUT2D eigenvalue weighted by molar-refractivity contribution is 5.58. The Labute approximate surface area is 129 Å². The molecular formula is C17H14N4O. The number of ether oxygens (including phenoxy) is 1. The summed E-state index contributed by atoms with van der Waals surface area (Å²) in [6.07, 6.45) is 1.79. The molecule has 2 heterocycles. The first-order chi connectivity index (χ1) is 10.7. The van der Waals surface area contributed by atoms with E-state index in [-0.39, 0.29) is 6.10 Å². The van der Waals surface area contributed by atoms with Gasteiger partial charge in [0.1, 0.15) is 23.7 Å². The van der Waals surface area contributed by atoms with Crippen molar-refractivity contribution in [3.05, 3.63) is 53.2 Å². The number of nitrogens with zero attached hydrogens (tertiary/aromatic N) is 4. The molecule has 1 aromatic carbocycles. The summed E-state index contributed by atoms with van der Waals surface area (Å²) in [5.74, 6) is 1.48. The Morgan fingerprint density at radius 3 is 2.50 bits per heavy atom. The molecule has 0 unspecified atom stereocenters. The molecule has 1 aromatic heterocycles. The van der Waals surface area contributed by atoms with Crippen LogP contribution in [0.4, 0.5) is 5.82 Å². The number of aromatic nitrogens is 1. The largest absolute Gasteiger partial charge is 0.487 e. The Balaban J connectivity index is 1.64. The van der Waals surface area contributed by atoms with Crippen molar-refractivity contribution in [3.8, 4) is 17.9 Å². The molecule has 0 amide bonds. The molecule has 2 aromatic rings. The molecule has 0 radical (unpaired) electrons. The van der Waals surface area contributed by atoms with Gasteiger partial charge in [0.05, 0.1) is 30.3 Å². The van der Waals surface area contributed by atoms with Gasteiger partial charge in [-0.3, -0.25) is 0 Å². The zero-order chi connectivity index (χ0) is 15.5. The lowest BCUT2D eigenvalue weighted by Crippen LogP contribution is -2.54. The molecule has 0 aliphatic carbocycles. The number of hydrogen-bond donors (Lipinski definition) is 0. The van der Waals surface area contributed by atoms with E-state index in [1.165, 1.54) is 0 Å². The van der Waals surface area contributed by atoms with Crippen LogP contribution >= 0.6 is 0 Å². The van der Waals surface area contributed by atoms with Crippen LogP contribution in [0, 0.1) is 29.6 Å². The van der Waals surface area contributed by atoms with Crippen LogP contribution in [0.3, 0.4) is 0 Å². The van der Waals surface area contributed by atoms with Crippen LogP contribution < -0.4 is 9.64 Å². The molecule has 1 aliphatic heterocycles. The summed E-state index contributed by atoms with van der Waals surface area (Å²) < 4.78 is 5.84. The van der Waals surface area contributed by atoms with Crippen molar-refractivity contribution in [1.82, 2.24) is 4.98 Å². The highest BCUT2D eigenvalue weighted by Crippen LogP contribution is 2.26. The van der Waals surface area contributed by atoms with Crippen LogP contribution in [0.25, 0.3) is 0 Å². The summed E-state index contributed by atoms with van der Waals surface area (Å²) >= 11 is 0. The Bertz CT molecular complexity index is 765. The highest BCUT2D eigenvalue weighted by Gasteiger charge is 2.31. The zero-order valence-corrected chi connectivity index (χ0v) is 12.2. The standard InChI is InChI=1S/C17H14N4O/c1-12-6-7-20-17(16(12)9-19)21-10-15(11-21)22-14-4-2-13(8-18)3-5-14/h2-7,15H,10-11H2,1H3. The third-order valence-electron chi connectivity index (χ3n) is 3.68. The summed E-state index contributed by atoms with van der Waals surface area (Å²) in [5.41, 5.74) is 2.17. The minimum atomic E-state index is 0.0711. The zero-order valence-electron chi connectivity index (χ0n) is 12.2. The van der Waals surface area contributed by atoms with E-state index in [9.17, 15) is 5.26 Å². The van der Waals surface area contributed by atoms with E-state index in [4.69, 9.17) is 10.00 Å². The summed E-state index contributed by atoms with van der Waals surface area (Å²) in [6.45, 7) is 3.31. The molecule has 1 fully saturated rings. The van der Waals surface area contributed by atoms with Gasteiger partial charge >= 0.3 is 0 Å². The molecule has 3 rings (SSSR count). The summed E-state index contributed by atoms with van der Waals surface area (Å²) in [5, 5.41) is 18.0. The second-order valence-electron chi connectivity index (χ2n) is 5.22. The molecule has 0 atom stereocenters. The number of hydrogen-bond acceptors (Lipinski definition) is 5. The van der Waals surface area contributed by atoms with E-state index in [1.54, 1.807) is 30.5 Å². The molecule has 0 spiro atoms. The average molecular weight is 290 g/mol. The fourth-order valence-electron chi connectivity index (χ4n) is 2.41. The lowest BCUT2D eigenvalue weighted by atomic mass is 10.1. The van der Waals surface area contributed by atoms with Gasteiger partial charge in [-0.15, -0.1) is 0 Å². The quantitative estimate of drug-likeness (QED) is 0.868. The Hall–Kier alpha value is -3.05. The number of aryl methyl sites for hydroxylation is 1. The predicted octanol–water partition coefficient (Wildman–Crippen LogP) is 2.40. The van der Waals surface area contributed by atoms with Gasteiger partial charge in [-0.2, -0.15) is 10.5 Å². The number of rotatable bonds is 3. The molecule has 1 saturated heterocycles. The van der Waals surface area contributed by atoms with Crippen molar-refractivity contribution in [2.45, 2.75) is 13.0 Å². The van der Waals surface area contributed by atoms with Crippen molar-refractivity contribution in [1.29, 1.82) is 10.5 Å². The molecule has 0 saturated carbocycles. The Morgan fingerprint density at radius 2 is 1.86 bits per heavy atom. The van der Waals surface area contributed by atoms with Crippen molar-refractivity contribution >= 4 is 5.82 Å². The van der Waals surface area contributed by atoms with E-state index < -0.39 is 0 Å². The number of pyridine rings is 1. The molecule has 0 N–H and O–H groups in total. The second kappa shape index (κ2) is 5.75. The van der Waals surface area contributed by atoms with E-state index in [1.807, 2.05) is 17.9 Å². The number of nitriles is 2. The fourth-order valence-corrected chi connectivity index (χ4v) is 2.41. The maximum atomic E-state index is 9.24. The normalized spacial score (nSPS) is 13.9. The molecule has 0 bridgehead atoms. The number of anilines is 1. The Kier molecular flexibility index (Phi) is 3.64. The van der Waals surface area contributed by atoms with Gasteiger partial charge in [0.15, 0.2) is 0 Å². The van der Waals surface area contributed by atoms with Gasteiger partial charge in [0.2, 0.25) is 0 Å². The third-order valence-corrected chi connectivity index (χ3v) is 3.68. The van der Waals surface area contributed by atoms with Gasteiger partial charge in [-0.1, -0.05) is 0 Å². The van der Waals surface area contributed by atoms with E-state index in [0.717, 1.165) is 17.1 Å². The summed E-state index contributed by atoms with van der Waals surface area (Å²) in [7, 11) is 0. The van der Waals surface area contributed by atoms with Crippen LogP contribution in [0.15, 0.2) is 36.5 Å². The predicted molar refractivity (Wildman–Crippen MR) is 81.5 cm³/mol. The summed E-state index contributed by atoms with van der Waals surface area (Å²) in [6, 6.07) is 13.2. The molecule has 1 aliphatic rings. The maximum Gasteiger partial charge on any atom is 0.147 e. The summed E-state index contributed by atoms with van der Waals surface area (Å²) in [4.78, 5) is 6.35. The van der Waals surface area contributed by atoms with E-state index >= 15 is 0 Å². The van der Waals surface area contributed by atoms with Crippen LogP contribution in [-0.4, -0.2) is 24.2 Å². The minimum absolute atomic E-state index is 0.0711. The van der Waals surface area contributed by atoms with Gasteiger partial charge < -0.3 is 9.64 Å². The first-order valence-electron chi connectivity index (χ1n) is 6.98. The smallest absolute Gasteiger partial charge is 0.147 e. The van der Waals surface area contributed by atoms with Crippen molar-refractivity contribution < 1.29 is 4.74 Å². The first kappa shape index (κ1) is 13.9. The van der Waals surface area contributed by atoms with E-state index in [0.29, 0.717) is 24.2 Å². The van der Waals surface area contributed by atoms with Gasteiger partial charge in [0, 0.05) is 6.20 Å². The average Bonchev–Trinajstić information content (AvgIpc) is 2.51. The van der Waals surface area contributed by atoms with Gasteiger partial charge in [-0.05, 0) is 42.8 Å². The van der Waals surface area contributed by atoms with Crippen LogP contribution in [0.2, 0.25) is 0 Å². The number of benzene rings is 1. The van der Waals surface area contributed by atoms with Gasteiger partial charge in [0.25, 0.3) is 0 Å². The Morgan fingerprint density at radius 1 is 1.14 bits per heavy atom. The molecule has 5 nitrogen and oxygen atoms in total. The van der Waals surface area contributed by atoms with Crippen molar-refractivity contribution in [2.75, 3.05) is 18.0 Å². The third kappa shape index (κ3) is 2.57. The lowest BCUT2D eigenvalue weighted by Gasteiger charge is -2.40. The van der Waals surface area contributed by atoms with Crippen molar-refractivity contribution in [3.63, 3.8) is 0 Å². The minimum Gasteiger partial charge on any atom is -0.487 e. The molecule has 108 valence electrons. The maximum absolute atomic E-state index is 9.24. The first-order valence-corrected chi connectivity index (χ1v) is 6.98. The van der Waals surface area contributed by atoms with Crippen LogP contribution in [0.5, 0.6) is 5.75 Å². The van der Waals surface area contributed by atoms with Crippen molar-refractivity contribution in [2.24, 2.45) is 0 Å². The second-order valence-corrected chi connectivity index (χ2v) is 5.22. The molecule has 22 heavy (non-hydrogen) atoms. The SMILES string of the molecule is Cc1ccnc(N2CC(Oc3ccc(C#N)cc3)C2)c1C#N. The highest BCUT2D eigenvalue weighted by atomic mass is 16.5. The molecular weight excluding hydrogens is 276 g/mol. The lowest BCUT2D eigenvalue weighted by molar-refractivity contribution is 0.167. The molecule has 5 heteroatoms.